The molecular weight excluding hydrogens is 220 g/mol. The molecule has 3 nitrogen and oxygen atoms in total. The van der Waals surface area contributed by atoms with Crippen molar-refractivity contribution in [1.82, 2.24) is 10.2 Å². The number of hydrogen-bond donors (Lipinski definition) is 1. The van der Waals surface area contributed by atoms with Crippen molar-refractivity contribution < 1.29 is 4.79 Å². The molecule has 0 saturated carbocycles. The van der Waals surface area contributed by atoms with Crippen LogP contribution in [0.25, 0.3) is 0 Å². The van der Waals surface area contributed by atoms with E-state index in [0.29, 0.717) is 6.54 Å². The molecule has 0 aliphatic heterocycles. The minimum atomic E-state index is 0.174. The van der Waals surface area contributed by atoms with Gasteiger partial charge in [-0.25, -0.2) is 0 Å². The zero-order chi connectivity index (χ0) is 12.0. The van der Waals surface area contributed by atoms with Gasteiger partial charge >= 0.3 is 0 Å². The molecule has 0 unspecified atom stereocenters. The van der Waals surface area contributed by atoms with Crippen LogP contribution in [0.3, 0.4) is 0 Å². The Morgan fingerprint density at radius 1 is 1.50 bits per heavy atom. The number of nitrogens with one attached hydrogen (secondary N) is 1. The van der Waals surface area contributed by atoms with Gasteiger partial charge in [-0.05, 0) is 32.2 Å². The Morgan fingerprint density at radius 2 is 2.19 bits per heavy atom. The number of nitrogens with zero attached hydrogens (tertiary/aromatic N) is 1. The summed E-state index contributed by atoms with van der Waals surface area (Å²) in [5.74, 6) is 0.174. The molecule has 1 amide bonds. The van der Waals surface area contributed by atoms with Crippen LogP contribution in [-0.2, 0) is 4.79 Å². The van der Waals surface area contributed by atoms with Crippen molar-refractivity contribution in [2.24, 2.45) is 0 Å². The lowest BCUT2D eigenvalue weighted by Gasteiger charge is -2.20. The van der Waals surface area contributed by atoms with Crippen molar-refractivity contribution in [3.05, 3.63) is 22.4 Å². The maximum absolute atomic E-state index is 11.7. The Bertz CT molecular complexity index is 307. The minimum absolute atomic E-state index is 0.174. The number of amides is 1. The smallest absolute Gasteiger partial charge is 0.236 e. The van der Waals surface area contributed by atoms with Gasteiger partial charge in [0, 0.05) is 24.0 Å². The fraction of sp³-hybridized carbons (Fsp3) is 0.583. The molecule has 0 radical (unpaired) electrons. The molecular formula is C12H20N2OS. The molecule has 1 heterocycles. The second-order valence-electron chi connectivity index (χ2n) is 3.68. The van der Waals surface area contributed by atoms with E-state index in [1.165, 1.54) is 4.88 Å². The maximum Gasteiger partial charge on any atom is 0.236 e. The summed E-state index contributed by atoms with van der Waals surface area (Å²) in [6, 6.07) is 4.37. The van der Waals surface area contributed by atoms with Gasteiger partial charge < -0.3 is 10.2 Å². The van der Waals surface area contributed by atoms with E-state index >= 15 is 0 Å². The first-order valence-electron chi connectivity index (χ1n) is 5.73. The molecule has 0 bridgehead atoms. The Kier molecular flexibility index (Phi) is 5.49. The van der Waals surface area contributed by atoms with Gasteiger partial charge in [0.15, 0.2) is 0 Å². The van der Waals surface area contributed by atoms with E-state index < -0.39 is 0 Å². The summed E-state index contributed by atoms with van der Waals surface area (Å²) in [5.41, 5.74) is 0. The van der Waals surface area contributed by atoms with Crippen LogP contribution in [0.2, 0.25) is 0 Å². The van der Waals surface area contributed by atoms with Crippen molar-refractivity contribution in [3.8, 4) is 0 Å². The molecule has 0 aliphatic rings. The zero-order valence-corrected chi connectivity index (χ0v) is 11.0. The normalized spacial score (nSPS) is 12.4. The predicted octanol–water partition coefficient (Wildman–Crippen LogP) is 2.27. The molecule has 90 valence electrons. The second kappa shape index (κ2) is 6.66. The lowest BCUT2D eigenvalue weighted by atomic mass is 10.3. The fourth-order valence-electron chi connectivity index (χ4n) is 1.57. The average molecular weight is 240 g/mol. The van der Waals surface area contributed by atoms with Crippen LogP contribution in [-0.4, -0.2) is 30.4 Å². The summed E-state index contributed by atoms with van der Waals surface area (Å²) in [5, 5.41) is 5.31. The van der Waals surface area contributed by atoms with Crippen LogP contribution in [0, 0.1) is 0 Å². The third-order valence-electron chi connectivity index (χ3n) is 2.65. The minimum Gasteiger partial charge on any atom is -0.342 e. The molecule has 0 aliphatic carbocycles. The highest BCUT2D eigenvalue weighted by Gasteiger charge is 2.11. The van der Waals surface area contributed by atoms with E-state index in [1.807, 2.05) is 24.8 Å². The van der Waals surface area contributed by atoms with Crippen LogP contribution < -0.4 is 5.32 Å². The molecule has 4 heteroatoms. The van der Waals surface area contributed by atoms with Gasteiger partial charge in [-0.2, -0.15) is 0 Å². The third-order valence-corrected chi connectivity index (χ3v) is 3.70. The van der Waals surface area contributed by atoms with Crippen molar-refractivity contribution in [2.45, 2.75) is 26.8 Å². The topological polar surface area (TPSA) is 32.3 Å². The molecule has 1 atom stereocenters. The number of thiophene rings is 1. The van der Waals surface area contributed by atoms with Crippen molar-refractivity contribution >= 4 is 17.2 Å². The first-order chi connectivity index (χ1) is 7.69. The lowest BCUT2D eigenvalue weighted by molar-refractivity contribution is -0.129. The van der Waals surface area contributed by atoms with Crippen LogP contribution in [0.5, 0.6) is 0 Å². The van der Waals surface area contributed by atoms with Gasteiger partial charge in [0.25, 0.3) is 0 Å². The number of carbonyl (C=O) groups is 1. The van der Waals surface area contributed by atoms with Crippen LogP contribution in [0.1, 0.15) is 31.7 Å². The van der Waals surface area contributed by atoms with Crippen molar-refractivity contribution in [3.63, 3.8) is 0 Å². The number of carbonyl (C=O) groups excluding carboxylic acids is 1. The number of rotatable bonds is 6. The Balaban J connectivity index is 2.37. The fourth-order valence-corrected chi connectivity index (χ4v) is 2.33. The van der Waals surface area contributed by atoms with Gasteiger partial charge in [0.2, 0.25) is 5.91 Å². The Labute approximate surface area is 101 Å². The van der Waals surface area contributed by atoms with E-state index in [0.717, 1.165) is 13.1 Å². The van der Waals surface area contributed by atoms with E-state index in [1.54, 1.807) is 11.3 Å². The van der Waals surface area contributed by atoms with Crippen LogP contribution >= 0.6 is 11.3 Å². The van der Waals surface area contributed by atoms with Crippen LogP contribution in [0.15, 0.2) is 17.5 Å². The van der Waals surface area contributed by atoms with Crippen molar-refractivity contribution in [1.29, 1.82) is 0 Å². The summed E-state index contributed by atoms with van der Waals surface area (Å²) in [6.07, 6.45) is 0. The monoisotopic (exact) mass is 240 g/mol. The first kappa shape index (κ1) is 13.2. The van der Waals surface area contributed by atoms with Crippen molar-refractivity contribution in [2.75, 3.05) is 19.6 Å². The Morgan fingerprint density at radius 3 is 2.69 bits per heavy atom. The van der Waals surface area contributed by atoms with E-state index in [9.17, 15) is 4.79 Å². The molecule has 16 heavy (non-hydrogen) atoms. The summed E-state index contributed by atoms with van der Waals surface area (Å²) >= 11 is 1.72. The molecule has 0 spiro atoms. The highest BCUT2D eigenvalue weighted by molar-refractivity contribution is 7.10. The number of hydrogen-bond acceptors (Lipinski definition) is 3. The predicted molar refractivity (Wildman–Crippen MR) is 68.7 cm³/mol. The summed E-state index contributed by atoms with van der Waals surface area (Å²) in [6.45, 7) is 8.07. The lowest BCUT2D eigenvalue weighted by Crippen LogP contribution is -2.38. The first-order valence-corrected chi connectivity index (χ1v) is 6.61. The number of likely N-dealkylation sites (N-methyl/N-ethyl adjacent to an activating group) is 1. The van der Waals surface area contributed by atoms with Gasteiger partial charge in [-0.15, -0.1) is 11.3 Å². The van der Waals surface area contributed by atoms with Crippen LogP contribution in [0.4, 0.5) is 0 Å². The summed E-state index contributed by atoms with van der Waals surface area (Å²) in [7, 11) is 0. The SMILES string of the molecule is CCN(CC)C(=O)CN[C@@H](C)c1cccs1. The summed E-state index contributed by atoms with van der Waals surface area (Å²) < 4.78 is 0. The average Bonchev–Trinajstić information content (AvgIpc) is 2.81. The highest BCUT2D eigenvalue weighted by atomic mass is 32.1. The molecule has 1 aromatic rings. The molecule has 1 aromatic heterocycles. The quantitative estimate of drug-likeness (QED) is 0.827. The summed E-state index contributed by atoms with van der Waals surface area (Å²) in [4.78, 5) is 14.9. The Hall–Kier alpha value is -0.870. The van der Waals surface area contributed by atoms with Gasteiger partial charge in [0.1, 0.15) is 0 Å². The van der Waals surface area contributed by atoms with E-state index in [-0.39, 0.29) is 11.9 Å². The maximum atomic E-state index is 11.7. The van der Waals surface area contributed by atoms with E-state index in [4.69, 9.17) is 0 Å². The standard InChI is InChI=1S/C12H20N2OS/c1-4-14(5-2)12(15)9-13-10(3)11-7-6-8-16-11/h6-8,10,13H,4-5,9H2,1-3H3/t10-/m0/s1. The molecule has 1 rings (SSSR count). The van der Waals surface area contributed by atoms with E-state index in [2.05, 4.69) is 23.7 Å². The highest BCUT2D eigenvalue weighted by Crippen LogP contribution is 2.17. The van der Waals surface area contributed by atoms with Gasteiger partial charge in [-0.3, -0.25) is 4.79 Å². The zero-order valence-electron chi connectivity index (χ0n) is 10.2. The van der Waals surface area contributed by atoms with Gasteiger partial charge in [0.05, 0.1) is 6.54 Å². The molecule has 0 saturated heterocycles. The molecule has 0 fully saturated rings. The van der Waals surface area contributed by atoms with Gasteiger partial charge in [-0.1, -0.05) is 6.07 Å². The second-order valence-corrected chi connectivity index (χ2v) is 4.66. The molecule has 0 aromatic carbocycles. The molecule has 1 N–H and O–H groups in total. The third kappa shape index (κ3) is 3.61. The largest absolute Gasteiger partial charge is 0.342 e.